The van der Waals surface area contributed by atoms with Crippen LogP contribution < -0.4 is 14.8 Å². The van der Waals surface area contributed by atoms with Crippen LogP contribution in [-0.4, -0.2) is 19.6 Å². The van der Waals surface area contributed by atoms with Crippen LogP contribution in [0, 0.1) is 6.92 Å². The number of carbonyl (C=O) groups is 1. The number of nitrogens with one attached hydrogen (secondary N) is 1. The van der Waals surface area contributed by atoms with Crippen molar-refractivity contribution < 1.29 is 18.7 Å². The van der Waals surface area contributed by atoms with Gasteiger partial charge in [-0.15, -0.1) is 0 Å². The van der Waals surface area contributed by atoms with Crippen LogP contribution >= 0.6 is 0 Å². The largest absolute Gasteiger partial charge is 0.493 e. The summed E-state index contributed by atoms with van der Waals surface area (Å²) in [4.78, 5) is 12.1. The van der Waals surface area contributed by atoms with E-state index in [0.717, 1.165) is 29.9 Å². The van der Waals surface area contributed by atoms with Crippen molar-refractivity contribution in [1.82, 2.24) is 5.32 Å². The van der Waals surface area contributed by atoms with Crippen molar-refractivity contribution >= 4 is 12.0 Å². The molecular weight excluding hydrogens is 330 g/mol. The Bertz CT molecular complexity index is 748. The molecule has 1 aromatic heterocycles. The van der Waals surface area contributed by atoms with Crippen LogP contribution in [0.4, 0.5) is 0 Å². The van der Waals surface area contributed by atoms with Gasteiger partial charge in [-0.3, -0.25) is 4.79 Å². The van der Waals surface area contributed by atoms with Crippen molar-refractivity contribution in [3.8, 4) is 11.5 Å². The Kier molecular flexibility index (Phi) is 7.33. The minimum atomic E-state index is -0.190. The molecule has 0 aliphatic carbocycles. The SMILES string of the molecule is CCCCOc1ccc(/C=C/C(=O)NC(C)c2ccc(C)o2)cc1OC. The van der Waals surface area contributed by atoms with Crippen molar-refractivity contribution in [1.29, 1.82) is 0 Å². The highest BCUT2D eigenvalue weighted by atomic mass is 16.5. The van der Waals surface area contributed by atoms with Gasteiger partial charge in [0.1, 0.15) is 11.5 Å². The predicted octanol–water partition coefficient (Wildman–Crippen LogP) is 4.67. The lowest BCUT2D eigenvalue weighted by Crippen LogP contribution is -2.24. The zero-order valence-electron chi connectivity index (χ0n) is 15.9. The summed E-state index contributed by atoms with van der Waals surface area (Å²) in [6.07, 6.45) is 5.32. The molecule has 140 valence electrons. The number of amides is 1. The van der Waals surface area contributed by atoms with E-state index in [1.807, 2.05) is 44.2 Å². The van der Waals surface area contributed by atoms with Gasteiger partial charge in [-0.1, -0.05) is 19.4 Å². The van der Waals surface area contributed by atoms with Gasteiger partial charge < -0.3 is 19.2 Å². The molecular formula is C21H27NO4. The second-order valence-corrected chi connectivity index (χ2v) is 6.12. The Morgan fingerprint density at radius 1 is 1.27 bits per heavy atom. The fourth-order valence-electron chi connectivity index (χ4n) is 2.42. The van der Waals surface area contributed by atoms with E-state index in [1.54, 1.807) is 13.2 Å². The average molecular weight is 357 g/mol. The number of carbonyl (C=O) groups excluding carboxylic acids is 1. The molecule has 0 aliphatic rings. The lowest BCUT2D eigenvalue weighted by atomic mass is 10.2. The van der Waals surface area contributed by atoms with Crippen molar-refractivity contribution in [3.05, 3.63) is 53.5 Å². The highest BCUT2D eigenvalue weighted by Gasteiger charge is 2.11. The van der Waals surface area contributed by atoms with Crippen LogP contribution in [0.15, 0.2) is 40.8 Å². The summed E-state index contributed by atoms with van der Waals surface area (Å²) in [6.45, 7) is 6.54. The van der Waals surface area contributed by atoms with Crippen LogP contribution in [0.2, 0.25) is 0 Å². The molecule has 5 nitrogen and oxygen atoms in total. The van der Waals surface area contributed by atoms with Crippen molar-refractivity contribution in [2.45, 2.75) is 39.7 Å². The number of benzene rings is 1. The van der Waals surface area contributed by atoms with E-state index < -0.39 is 0 Å². The second kappa shape index (κ2) is 9.70. The lowest BCUT2D eigenvalue weighted by Gasteiger charge is -2.11. The smallest absolute Gasteiger partial charge is 0.244 e. The molecule has 1 amide bonds. The first-order valence-electron chi connectivity index (χ1n) is 8.89. The molecule has 0 spiro atoms. The molecule has 0 fully saturated rings. The molecule has 0 radical (unpaired) electrons. The van der Waals surface area contributed by atoms with Gasteiger partial charge in [0, 0.05) is 6.08 Å². The molecule has 2 rings (SSSR count). The van der Waals surface area contributed by atoms with Gasteiger partial charge in [-0.05, 0) is 56.2 Å². The number of hydrogen-bond acceptors (Lipinski definition) is 4. The lowest BCUT2D eigenvalue weighted by molar-refractivity contribution is -0.117. The van der Waals surface area contributed by atoms with E-state index in [1.165, 1.54) is 6.08 Å². The first kappa shape index (κ1) is 19.6. The van der Waals surface area contributed by atoms with Crippen LogP contribution in [0.25, 0.3) is 6.08 Å². The Morgan fingerprint density at radius 2 is 2.08 bits per heavy atom. The summed E-state index contributed by atoms with van der Waals surface area (Å²) in [5.74, 6) is 2.74. The zero-order chi connectivity index (χ0) is 18.9. The average Bonchev–Trinajstić information content (AvgIpc) is 3.07. The maximum absolute atomic E-state index is 12.1. The summed E-state index contributed by atoms with van der Waals surface area (Å²) in [7, 11) is 1.61. The molecule has 0 aliphatic heterocycles. The molecule has 0 saturated carbocycles. The Labute approximate surface area is 155 Å². The molecule has 1 unspecified atom stereocenters. The fourth-order valence-corrected chi connectivity index (χ4v) is 2.42. The van der Waals surface area contributed by atoms with Gasteiger partial charge >= 0.3 is 0 Å². The summed E-state index contributed by atoms with van der Waals surface area (Å²) in [6, 6.07) is 9.17. The van der Waals surface area contributed by atoms with Gasteiger partial charge in [-0.25, -0.2) is 0 Å². The van der Waals surface area contributed by atoms with E-state index in [4.69, 9.17) is 13.9 Å². The number of methoxy groups -OCH3 is 1. The highest BCUT2D eigenvalue weighted by Crippen LogP contribution is 2.28. The summed E-state index contributed by atoms with van der Waals surface area (Å²) in [5.41, 5.74) is 0.862. The summed E-state index contributed by atoms with van der Waals surface area (Å²) in [5, 5.41) is 2.88. The molecule has 26 heavy (non-hydrogen) atoms. The van der Waals surface area contributed by atoms with Crippen LogP contribution in [-0.2, 0) is 4.79 Å². The van der Waals surface area contributed by atoms with Crippen molar-refractivity contribution in [2.24, 2.45) is 0 Å². The Hall–Kier alpha value is -2.69. The first-order chi connectivity index (χ1) is 12.5. The van der Waals surface area contributed by atoms with Crippen LogP contribution in [0.3, 0.4) is 0 Å². The zero-order valence-corrected chi connectivity index (χ0v) is 15.9. The third kappa shape index (κ3) is 5.69. The first-order valence-corrected chi connectivity index (χ1v) is 8.89. The number of hydrogen-bond donors (Lipinski definition) is 1. The Morgan fingerprint density at radius 3 is 2.73 bits per heavy atom. The summed E-state index contributed by atoms with van der Waals surface area (Å²) >= 11 is 0. The minimum absolute atomic E-state index is 0.186. The molecule has 1 N–H and O–H groups in total. The number of ether oxygens (including phenoxy) is 2. The number of aryl methyl sites for hydroxylation is 1. The fraction of sp³-hybridized carbons (Fsp3) is 0.381. The third-order valence-electron chi connectivity index (χ3n) is 3.92. The molecule has 1 heterocycles. The quantitative estimate of drug-likeness (QED) is 0.523. The van der Waals surface area contributed by atoms with Crippen LogP contribution in [0.1, 0.15) is 49.8 Å². The van der Waals surface area contributed by atoms with E-state index >= 15 is 0 Å². The molecule has 1 aromatic carbocycles. The molecule has 0 bridgehead atoms. The maximum atomic E-state index is 12.1. The monoisotopic (exact) mass is 357 g/mol. The van der Waals surface area contributed by atoms with E-state index in [9.17, 15) is 4.79 Å². The number of unbranched alkanes of at least 4 members (excludes halogenated alkanes) is 1. The van der Waals surface area contributed by atoms with E-state index in [-0.39, 0.29) is 11.9 Å². The second-order valence-electron chi connectivity index (χ2n) is 6.12. The maximum Gasteiger partial charge on any atom is 0.244 e. The van der Waals surface area contributed by atoms with Gasteiger partial charge in [0.2, 0.25) is 5.91 Å². The third-order valence-corrected chi connectivity index (χ3v) is 3.92. The van der Waals surface area contributed by atoms with E-state index in [0.29, 0.717) is 18.1 Å². The van der Waals surface area contributed by atoms with Gasteiger partial charge in [0.15, 0.2) is 11.5 Å². The standard InChI is InChI=1S/C21H27NO4/c1-5-6-13-25-19-11-8-17(14-20(19)24-4)9-12-21(23)22-16(3)18-10-7-15(2)26-18/h7-12,14,16H,5-6,13H2,1-4H3,(H,22,23)/b12-9+. The van der Waals surface area contributed by atoms with Gasteiger partial charge in [0.05, 0.1) is 19.8 Å². The number of furan rings is 1. The summed E-state index contributed by atoms with van der Waals surface area (Å²) < 4.78 is 16.6. The number of rotatable bonds is 9. The van der Waals surface area contributed by atoms with Gasteiger partial charge in [0.25, 0.3) is 0 Å². The van der Waals surface area contributed by atoms with Crippen molar-refractivity contribution in [3.63, 3.8) is 0 Å². The molecule has 2 aromatic rings. The minimum Gasteiger partial charge on any atom is -0.493 e. The van der Waals surface area contributed by atoms with Crippen LogP contribution in [0.5, 0.6) is 11.5 Å². The topological polar surface area (TPSA) is 60.7 Å². The van der Waals surface area contributed by atoms with Gasteiger partial charge in [-0.2, -0.15) is 0 Å². The van der Waals surface area contributed by atoms with E-state index in [2.05, 4.69) is 12.2 Å². The Balaban J connectivity index is 1.96. The molecule has 5 heteroatoms. The molecule has 0 saturated heterocycles. The van der Waals surface area contributed by atoms with Crippen molar-refractivity contribution in [2.75, 3.05) is 13.7 Å². The normalized spacial score (nSPS) is 12.2. The highest BCUT2D eigenvalue weighted by molar-refractivity contribution is 5.92. The molecule has 1 atom stereocenters. The predicted molar refractivity (Wildman–Crippen MR) is 102 cm³/mol.